The van der Waals surface area contributed by atoms with E-state index in [-0.39, 0.29) is 11.3 Å². The summed E-state index contributed by atoms with van der Waals surface area (Å²) >= 11 is 5.90. The predicted octanol–water partition coefficient (Wildman–Crippen LogP) is 2.60. The van der Waals surface area contributed by atoms with Crippen LogP contribution in [0, 0.1) is 0 Å². The zero-order chi connectivity index (χ0) is 15.1. The fourth-order valence-corrected chi connectivity index (χ4v) is 2.55. The van der Waals surface area contributed by atoms with Crippen LogP contribution in [0.4, 0.5) is 5.95 Å². The Labute approximate surface area is 131 Å². The third-order valence-electron chi connectivity index (χ3n) is 3.59. The predicted molar refractivity (Wildman–Crippen MR) is 84.0 cm³/mol. The van der Waals surface area contributed by atoms with Crippen molar-refractivity contribution >= 4 is 17.5 Å². The molecular weight excluding hydrogens is 290 g/mol. The molecule has 21 heavy (non-hydrogen) atoms. The van der Waals surface area contributed by atoms with Gasteiger partial charge in [-0.1, -0.05) is 13.3 Å². The first-order valence-corrected chi connectivity index (χ1v) is 8.09. The minimum atomic E-state index is 0.157. The number of rotatable bonds is 7. The Morgan fingerprint density at radius 1 is 1.24 bits per heavy atom. The summed E-state index contributed by atoms with van der Waals surface area (Å²) in [6, 6.07) is 0.728. The lowest BCUT2D eigenvalue weighted by molar-refractivity contribution is 0.180. The number of anilines is 1. The molecule has 0 amide bonds. The van der Waals surface area contributed by atoms with E-state index in [0.717, 1.165) is 13.0 Å². The van der Waals surface area contributed by atoms with E-state index in [9.17, 15) is 0 Å². The van der Waals surface area contributed by atoms with Crippen molar-refractivity contribution in [1.29, 1.82) is 0 Å². The molecule has 1 aromatic rings. The number of nitrogens with zero attached hydrogens (tertiary/aromatic N) is 4. The molecule has 1 aliphatic rings. The van der Waals surface area contributed by atoms with Crippen LogP contribution in [0.25, 0.3) is 0 Å². The van der Waals surface area contributed by atoms with Gasteiger partial charge in [0.15, 0.2) is 0 Å². The fraction of sp³-hybridized carbons (Fsp3) is 0.786. The number of hydrogen-bond donors (Lipinski definition) is 1. The Morgan fingerprint density at radius 3 is 2.71 bits per heavy atom. The van der Waals surface area contributed by atoms with Crippen LogP contribution in [0.1, 0.15) is 39.5 Å². The molecule has 1 atom stereocenters. The van der Waals surface area contributed by atoms with Crippen LogP contribution in [-0.2, 0) is 0 Å². The molecule has 2 rings (SSSR count). The summed E-state index contributed by atoms with van der Waals surface area (Å²) in [6.45, 7) is 7.95. The van der Waals surface area contributed by atoms with Gasteiger partial charge in [-0.2, -0.15) is 15.0 Å². The summed E-state index contributed by atoms with van der Waals surface area (Å²) in [6.07, 6.45) is 4.82. The van der Waals surface area contributed by atoms with Gasteiger partial charge < -0.3 is 10.1 Å². The Balaban J connectivity index is 1.87. The molecule has 118 valence electrons. The van der Waals surface area contributed by atoms with E-state index < -0.39 is 0 Å². The highest BCUT2D eigenvalue weighted by Crippen LogP contribution is 2.14. The van der Waals surface area contributed by atoms with Crippen LogP contribution in [0.5, 0.6) is 6.01 Å². The first-order valence-electron chi connectivity index (χ1n) is 7.71. The molecule has 6 nitrogen and oxygen atoms in total. The van der Waals surface area contributed by atoms with Gasteiger partial charge in [0.05, 0.1) is 6.61 Å². The minimum Gasteiger partial charge on any atom is -0.463 e. The van der Waals surface area contributed by atoms with Crippen molar-refractivity contribution in [3.8, 4) is 6.01 Å². The number of halogens is 1. The molecule has 7 heteroatoms. The van der Waals surface area contributed by atoms with Gasteiger partial charge in [-0.15, -0.1) is 0 Å². The van der Waals surface area contributed by atoms with E-state index in [1.165, 1.54) is 32.4 Å². The van der Waals surface area contributed by atoms with Gasteiger partial charge in [-0.3, -0.25) is 4.90 Å². The van der Waals surface area contributed by atoms with Crippen molar-refractivity contribution in [3.63, 3.8) is 0 Å². The van der Waals surface area contributed by atoms with Crippen molar-refractivity contribution in [1.82, 2.24) is 19.9 Å². The molecule has 1 unspecified atom stereocenters. The van der Waals surface area contributed by atoms with Crippen LogP contribution in [-0.4, -0.2) is 52.1 Å². The second kappa shape index (κ2) is 8.34. The average molecular weight is 314 g/mol. The summed E-state index contributed by atoms with van der Waals surface area (Å²) in [7, 11) is 0. The monoisotopic (exact) mass is 313 g/mol. The van der Waals surface area contributed by atoms with Gasteiger partial charge in [0.25, 0.3) is 0 Å². The number of nitrogens with one attached hydrogen (secondary N) is 1. The Kier molecular flexibility index (Phi) is 6.45. The molecule has 1 aliphatic heterocycles. The summed E-state index contributed by atoms with van der Waals surface area (Å²) < 4.78 is 5.40. The van der Waals surface area contributed by atoms with Gasteiger partial charge >= 0.3 is 6.01 Å². The van der Waals surface area contributed by atoms with E-state index in [1.54, 1.807) is 0 Å². The molecule has 1 aromatic heterocycles. The van der Waals surface area contributed by atoms with Crippen LogP contribution < -0.4 is 10.1 Å². The number of hydrogen-bond acceptors (Lipinski definition) is 6. The third-order valence-corrected chi connectivity index (χ3v) is 3.76. The quantitative estimate of drug-likeness (QED) is 0.835. The summed E-state index contributed by atoms with van der Waals surface area (Å²) in [5, 5.41) is 3.39. The van der Waals surface area contributed by atoms with Crippen LogP contribution in [0.3, 0.4) is 0 Å². The minimum absolute atomic E-state index is 0.157. The zero-order valence-corrected chi connectivity index (χ0v) is 13.6. The van der Waals surface area contributed by atoms with Crippen LogP contribution in [0.2, 0.25) is 5.28 Å². The highest BCUT2D eigenvalue weighted by molar-refractivity contribution is 6.28. The van der Waals surface area contributed by atoms with Crippen molar-refractivity contribution in [2.45, 2.75) is 45.6 Å². The number of aromatic nitrogens is 3. The molecule has 1 fully saturated rings. The van der Waals surface area contributed by atoms with Gasteiger partial charge in [0.2, 0.25) is 11.2 Å². The van der Waals surface area contributed by atoms with Gasteiger partial charge in [-0.25, -0.2) is 0 Å². The summed E-state index contributed by atoms with van der Waals surface area (Å²) in [4.78, 5) is 14.8. The summed E-state index contributed by atoms with van der Waals surface area (Å²) in [5.41, 5.74) is 0. The highest BCUT2D eigenvalue weighted by Gasteiger charge is 2.17. The molecule has 0 radical (unpaired) electrons. The maximum absolute atomic E-state index is 5.90. The zero-order valence-electron chi connectivity index (χ0n) is 12.8. The van der Waals surface area contributed by atoms with E-state index in [0.29, 0.717) is 18.6 Å². The highest BCUT2D eigenvalue weighted by atomic mass is 35.5. The van der Waals surface area contributed by atoms with E-state index in [2.05, 4.69) is 32.1 Å². The lowest BCUT2D eigenvalue weighted by Crippen LogP contribution is -2.41. The smallest absolute Gasteiger partial charge is 0.322 e. The molecule has 0 saturated carbocycles. The van der Waals surface area contributed by atoms with E-state index in [4.69, 9.17) is 16.3 Å². The number of piperidine rings is 1. The summed E-state index contributed by atoms with van der Waals surface area (Å²) in [5.74, 6) is 0.477. The first-order chi connectivity index (χ1) is 10.2. The van der Waals surface area contributed by atoms with Crippen molar-refractivity contribution < 1.29 is 4.74 Å². The Hall–Kier alpha value is -1.14. The molecule has 0 spiro atoms. The average Bonchev–Trinajstić information content (AvgIpc) is 2.51. The van der Waals surface area contributed by atoms with Crippen LogP contribution in [0.15, 0.2) is 0 Å². The fourth-order valence-electron chi connectivity index (χ4n) is 2.40. The molecule has 0 aliphatic carbocycles. The normalized spacial score (nSPS) is 17.5. The Morgan fingerprint density at radius 2 is 2.00 bits per heavy atom. The van der Waals surface area contributed by atoms with Gasteiger partial charge in [0.1, 0.15) is 0 Å². The van der Waals surface area contributed by atoms with Crippen molar-refractivity contribution in [3.05, 3.63) is 5.28 Å². The van der Waals surface area contributed by atoms with Crippen molar-refractivity contribution in [2.24, 2.45) is 0 Å². The molecule has 1 N–H and O–H groups in total. The molecular formula is C14H24ClN5O. The lowest BCUT2D eigenvalue weighted by Gasteiger charge is -2.32. The van der Waals surface area contributed by atoms with E-state index >= 15 is 0 Å². The largest absolute Gasteiger partial charge is 0.463 e. The lowest BCUT2D eigenvalue weighted by atomic mass is 10.1. The van der Waals surface area contributed by atoms with Gasteiger partial charge in [0, 0.05) is 12.6 Å². The SMILES string of the molecule is CCCOc1nc(Cl)nc(NCC(C)N2CCCCC2)n1. The standard InChI is InChI=1S/C14H24ClN5O/c1-3-9-21-14-18-12(15)17-13(19-14)16-10-11(2)20-7-5-4-6-8-20/h11H,3-10H2,1-2H3,(H,16,17,18,19). The number of likely N-dealkylation sites (tertiary alicyclic amines) is 1. The molecule has 0 bridgehead atoms. The molecule has 0 aromatic carbocycles. The maximum Gasteiger partial charge on any atom is 0.322 e. The first kappa shape index (κ1) is 16.2. The third kappa shape index (κ3) is 5.28. The van der Waals surface area contributed by atoms with Gasteiger partial charge in [-0.05, 0) is 50.9 Å². The van der Waals surface area contributed by atoms with Crippen LogP contribution >= 0.6 is 11.6 Å². The second-order valence-corrected chi connectivity index (χ2v) is 5.72. The topological polar surface area (TPSA) is 63.2 Å². The second-order valence-electron chi connectivity index (χ2n) is 5.39. The number of ether oxygens (including phenoxy) is 1. The molecule has 2 heterocycles. The Bertz CT molecular complexity index is 439. The van der Waals surface area contributed by atoms with E-state index in [1.807, 2.05) is 6.92 Å². The molecule has 1 saturated heterocycles. The van der Waals surface area contributed by atoms with Crippen molar-refractivity contribution in [2.75, 3.05) is 31.6 Å². The maximum atomic E-state index is 5.90.